The molecule has 148 valence electrons. The second-order valence-electron chi connectivity index (χ2n) is 5.68. The Morgan fingerprint density at radius 2 is 1.75 bits per heavy atom. The summed E-state index contributed by atoms with van der Waals surface area (Å²) < 4.78 is 11.6. The largest absolute Gasteiger partial charge is 0.489 e. The molecule has 0 radical (unpaired) electrons. The molecule has 0 spiro atoms. The SMILES string of the molecule is CO/N=C(/C(=O)N(C)SC(=O)OC)c1ccccc1COc1ccccc1C. The van der Waals surface area contributed by atoms with Gasteiger partial charge in [-0.2, -0.15) is 0 Å². The van der Waals surface area contributed by atoms with Gasteiger partial charge >= 0.3 is 5.30 Å². The average Bonchev–Trinajstić information content (AvgIpc) is 2.71. The molecule has 0 fully saturated rings. The van der Waals surface area contributed by atoms with Crippen molar-refractivity contribution in [2.75, 3.05) is 21.3 Å². The van der Waals surface area contributed by atoms with Gasteiger partial charge in [0.1, 0.15) is 19.5 Å². The van der Waals surface area contributed by atoms with Crippen LogP contribution in [0.2, 0.25) is 0 Å². The number of nitrogens with zero attached hydrogens (tertiary/aromatic N) is 2. The van der Waals surface area contributed by atoms with Crippen LogP contribution in [0.3, 0.4) is 0 Å². The Morgan fingerprint density at radius 1 is 1.07 bits per heavy atom. The molecule has 1 amide bonds. The maximum Gasteiger partial charge on any atom is 0.388 e. The van der Waals surface area contributed by atoms with E-state index in [-0.39, 0.29) is 12.3 Å². The summed E-state index contributed by atoms with van der Waals surface area (Å²) in [5.41, 5.74) is 2.38. The zero-order valence-corrected chi connectivity index (χ0v) is 17.0. The van der Waals surface area contributed by atoms with Gasteiger partial charge in [-0.05, 0) is 24.1 Å². The fraction of sp³-hybridized carbons (Fsp3) is 0.250. The molecule has 0 heterocycles. The minimum Gasteiger partial charge on any atom is -0.489 e. The molecule has 2 rings (SSSR count). The molecule has 2 aromatic rings. The van der Waals surface area contributed by atoms with Gasteiger partial charge in [-0.25, -0.2) is 4.79 Å². The molecule has 0 aromatic heterocycles. The third kappa shape index (κ3) is 5.50. The second kappa shape index (κ2) is 10.4. The molecule has 0 bridgehead atoms. The van der Waals surface area contributed by atoms with Crippen LogP contribution in [0.4, 0.5) is 4.79 Å². The Morgan fingerprint density at radius 3 is 2.43 bits per heavy atom. The van der Waals surface area contributed by atoms with Gasteiger partial charge in [0.15, 0.2) is 5.71 Å². The van der Waals surface area contributed by atoms with Crippen LogP contribution in [0.5, 0.6) is 5.75 Å². The first-order valence-electron chi connectivity index (χ1n) is 8.39. The van der Waals surface area contributed by atoms with Gasteiger partial charge in [0, 0.05) is 12.6 Å². The lowest BCUT2D eigenvalue weighted by molar-refractivity contribution is -0.118. The van der Waals surface area contributed by atoms with E-state index in [1.54, 1.807) is 12.1 Å². The van der Waals surface area contributed by atoms with Gasteiger partial charge in [-0.3, -0.25) is 9.10 Å². The maximum atomic E-state index is 12.8. The number of aryl methyl sites for hydroxylation is 1. The van der Waals surface area contributed by atoms with Gasteiger partial charge in [0.2, 0.25) is 0 Å². The molecule has 0 saturated heterocycles. The number of methoxy groups -OCH3 is 1. The van der Waals surface area contributed by atoms with Crippen LogP contribution < -0.4 is 4.74 Å². The predicted molar refractivity (Wildman–Crippen MR) is 108 cm³/mol. The lowest BCUT2D eigenvalue weighted by Gasteiger charge is -2.17. The van der Waals surface area contributed by atoms with E-state index in [2.05, 4.69) is 9.89 Å². The molecule has 0 saturated carbocycles. The number of oxime groups is 1. The lowest BCUT2D eigenvalue weighted by Crippen LogP contribution is -2.31. The predicted octanol–water partition coefficient (Wildman–Crippen LogP) is 3.80. The number of ether oxygens (including phenoxy) is 2. The van der Waals surface area contributed by atoms with Crippen LogP contribution in [-0.2, 0) is 21.0 Å². The molecule has 28 heavy (non-hydrogen) atoms. The molecule has 0 N–H and O–H groups in total. The number of rotatable bonds is 6. The number of hydrogen-bond donors (Lipinski definition) is 0. The first kappa shape index (κ1) is 21.3. The monoisotopic (exact) mass is 402 g/mol. The van der Waals surface area contributed by atoms with Crippen molar-refractivity contribution in [2.24, 2.45) is 5.16 Å². The van der Waals surface area contributed by atoms with Crippen molar-refractivity contribution in [3.05, 3.63) is 65.2 Å². The van der Waals surface area contributed by atoms with E-state index in [9.17, 15) is 9.59 Å². The minimum absolute atomic E-state index is 0.0605. The Bertz CT molecular complexity index is 869. The average molecular weight is 402 g/mol. The van der Waals surface area contributed by atoms with Crippen molar-refractivity contribution in [1.29, 1.82) is 0 Å². The summed E-state index contributed by atoms with van der Waals surface area (Å²) in [5.74, 6) is 0.257. The van der Waals surface area contributed by atoms with Crippen molar-refractivity contribution in [2.45, 2.75) is 13.5 Å². The van der Waals surface area contributed by atoms with Crippen molar-refractivity contribution in [1.82, 2.24) is 4.31 Å². The summed E-state index contributed by atoms with van der Waals surface area (Å²) >= 11 is 0.630. The first-order chi connectivity index (χ1) is 13.5. The van der Waals surface area contributed by atoms with E-state index in [1.807, 2.05) is 43.3 Å². The summed E-state index contributed by atoms with van der Waals surface area (Å²) in [4.78, 5) is 29.1. The van der Waals surface area contributed by atoms with Crippen molar-refractivity contribution in [3.8, 4) is 5.75 Å². The minimum atomic E-state index is -0.608. The molecule has 0 aliphatic rings. The number of carbonyl (C=O) groups is 2. The fourth-order valence-electron chi connectivity index (χ4n) is 2.39. The van der Waals surface area contributed by atoms with E-state index in [1.165, 1.54) is 21.3 Å². The quantitative estimate of drug-likeness (QED) is 0.317. The standard InChI is InChI=1S/C20H22N2O5S/c1-14-9-5-8-12-17(14)27-13-15-10-6-7-11-16(15)18(21-26-4)19(23)22(2)28-20(24)25-3/h5-12H,13H2,1-4H3/b21-18+. The van der Waals surface area contributed by atoms with Crippen LogP contribution in [0.15, 0.2) is 53.7 Å². The summed E-state index contributed by atoms with van der Waals surface area (Å²) in [5, 5.41) is 3.28. The summed E-state index contributed by atoms with van der Waals surface area (Å²) in [6.45, 7) is 2.20. The van der Waals surface area contributed by atoms with E-state index in [0.29, 0.717) is 17.5 Å². The zero-order chi connectivity index (χ0) is 20.5. The van der Waals surface area contributed by atoms with Gasteiger partial charge in [0.25, 0.3) is 5.91 Å². The highest BCUT2D eigenvalue weighted by Crippen LogP contribution is 2.21. The molecular formula is C20H22N2O5S. The molecule has 0 atom stereocenters. The van der Waals surface area contributed by atoms with Crippen molar-refractivity contribution < 1.29 is 23.9 Å². The smallest absolute Gasteiger partial charge is 0.388 e. The van der Waals surface area contributed by atoms with E-state index in [0.717, 1.165) is 21.2 Å². The van der Waals surface area contributed by atoms with Gasteiger partial charge in [-0.1, -0.05) is 47.6 Å². The summed E-state index contributed by atoms with van der Waals surface area (Å²) in [6, 6.07) is 14.9. The molecule has 0 aliphatic carbocycles. The van der Waals surface area contributed by atoms with Gasteiger partial charge in [0.05, 0.1) is 19.1 Å². The Labute approximate surface area is 168 Å². The molecule has 7 nitrogen and oxygen atoms in total. The number of benzene rings is 2. The highest BCUT2D eigenvalue weighted by Gasteiger charge is 2.24. The normalized spacial score (nSPS) is 10.9. The Kier molecular flexibility index (Phi) is 7.88. The first-order valence-corrected chi connectivity index (χ1v) is 9.17. The highest BCUT2D eigenvalue weighted by molar-refractivity contribution is 8.11. The topological polar surface area (TPSA) is 77.4 Å². The van der Waals surface area contributed by atoms with E-state index < -0.39 is 11.2 Å². The van der Waals surface area contributed by atoms with Crippen LogP contribution in [0, 0.1) is 6.92 Å². The number of amides is 1. The number of para-hydroxylation sites is 1. The van der Waals surface area contributed by atoms with Crippen LogP contribution in [-0.4, -0.2) is 42.5 Å². The molecule has 0 aliphatic heterocycles. The molecule has 2 aromatic carbocycles. The Balaban J connectivity index is 2.28. The van der Waals surface area contributed by atoms with E-state index in [4.69, 9.17) is 9.57 Å². The van der Waals surface area contributed by atoms with Crippen LogP contribution in [0.1, 0.15) is 16.7 Å². The van der Waals surface area contributed by atoms with Crippen LogP contribution in [0.25, 0.3) is 0 Å². The second-order valence-corrected chi connectivity index (χ2v) is 6.75. The summed E-state index contributed by atoms with van der Waals surface area (Å²) in [7, 11) is 4.06. The van der Waals surface area contributed by atoms with Crippen molar-refractivity contribution in [3.63, 3.8) is 0 Å². The third-order valence-electron chi connectivity index (χ3n) is 3.80. The van der Waals surface area contributed by atoms with Crippen molar-refractivity contribution >= 4 is 28.9 Å². The lowest BCUT2D eigenvalue weighted by atomic mass is 10.0. The fourth-order valence-corrected chi connectivity index (χ4v) is 2.85. The number of carbonyl (C=O) groups excluding carboxylic acids is 2. The maximum absolute atomic E-state index is 12.8. The summed E-state index contributed by atoms with van der Waals surface area (Å²) in [6.07, 6.45) is 0. The molecule has 0 unspecified atom stereocenters. The molecule has 8 heteroatoms. The highest BCUT2D eigenvalue weighted by atomic mass is 32.2. The number of likely N-dealkylation sites (N-methyl/N-ethyl adjacent to an activating group) is 1. The zero-order valence-electron chi connectivity index (χ0n) is 16.2. The number of hydrogen-bond acceptors (Lipinski definition) is 7. The van der Waals surface area contributed by atoms with Gasteiger partial charge in [-0.15, -0.1) is 0 Å². The van der Waals surface area contributed by atoms with Crippen LogP contribution >= 0.6 is 11.9 Å². The molecular weight excluding hydrogens is 380 g/mol. The van der Waals surface area contributed by atoms with Gasteiger partial charge < -0.3 is 14.3 Å². The third-order valence-corrected chi connectivity index (χ3v) is 4.55. The van der Waals surface area contributed by atoms with E-state index >= 15 is 0 Å². The Hall–Kier alpha value is -3.00.